The molecule has 3 aromatic rings. The zero-order chi connectivity index (χ0) is 23.8. The van der Waals surface area contributed by atoms with Crippen molar-refractivity contribution in [2.75, 3.05) is 18.5 Å². The normalized spacial score (nSPS) is 10.4. The second-order valence-corrected chi connectivity index (χ2v) is 6.89. The van der Waals surface area contributed by atoms with Crippen molar-refractivity contribution in [2.45, 2.75) is 20.4 Å². The molecule has 1 N–H and O–H groups in total. The van der Waals surface area contributed by atoms with Crippen LogP contribution in [0.4, 0.5) is 5.69 Å². The van der Waals surface area contributed by atoms with E-state index in [1.54, 1.807) is 13.8 Å². The quantitative estimate of drug-likeness (QED) is 0.526. The van der Waals surface area contributed by atoms with E-state index in [0.29, 0.717) is 0 Å². The molecule has 0 spiro atoms. The smallest absolute Gasteiger partial charge is 0.338 e. The van der Waals surface area contributed by atoms with Gasteiger partial charge in [0.25, 0.3) is 11.5 Å². The van der Waals surface area contributed by atoms with Crippen molar-refractivity contribution in [1.82, 2.24) is 9.78 Å². The molecule has 9 nitrogen and oxygen atoms in total. The average Bonchev–Trinajstić information content (AvgIpc) is 2.81. The van der Waals surface area contributed by atoms with Gasteiger partial charge in [0.2, 0.25) is 0 Å². The summed E-state index contributed by atoms with van der Waals surface area (Å²) in [4.78, 5) is 49.4. The highest BCUT2D eigenvalue weighted by molar-refractivity contribution is 6.04. The molecule has 2 aromatic carbocycles. The molecule has 3 rings (SSSR count). The van der Waals surface area contributed by atoms with Gasteiger partial charge in [-0.05, 0) is 43.7 Å². The predicted molar refractivity (Wildman–Crippen MR) is 120 cm³/mol. The van der Waals surface area contributed by atoms with Gasteiger partial charge in [0.1, 0.15) is 5.69 Å². The van der Waals surface area contributed by atoms with E-state index in [2.05, 4.69) is 10.4 Å². The van der Waals surface area contributed by atoms with Crippen molar-refractivity contribution in [3.63, 3.8) is 0 Å². The molecule has 0 atom stereocenters. The summed E-state index contributed by atoms with van der Waals surface area (Å²) in [5, 5.41) is 6.76. The van der Waals surface area contributed by atoms with Gasteiger partial charge in [0.15, 0.2) is 0 Å². The fraction of sp³-hybridized carbons (Fsp3) is 0.208. The number of aromatic nitrogens is 2. The lowest BCUT2D eigenvalue weighted by atomic mass is 10.1. The minimum Gasteiger partial charge on any atom is -0.462 e. The van der Waals surface area contributed by atoms with E-state index in [1.165, 1.54) is 35.0 Å². The molecule has 1 heterocycles. The van der Waals surface area contributed by atoms with Gasteiger partial charge in [0, 0.05) is 11.8 Å². The number of rotatable bonds is 8. The number of carbonyl (C=O) groups excluding carboxylic acids is 3. The lowest BCUT2D eigenvalue weighted by Crippen LogP contribution is -2.26. The summed E-state index contributed by atoms with van der Waals surface area (Å²) >= 11 is 0. The van der Waals surface area contributed by atoms with Crippen LogP contribution in [-0.4, -0.2) is 40.8 Å². The molecule has 0 fully saturated rings. The highest BCUT2D eigenvalue weighted by atomic mass is 16.5. The van der Waals surface area contributed by atoms with E-state index >= 15 is 0 Å². The van der Waals surface area contributed by atoms with Crippen LogP contribution in [0, 0.1) is 0 Å². The molecule has 1 amide bonds. The molecule has 0 unspecified atom stereocenters. The van der Waals surface area contributed by atoms with Gasteiger partial charge < -0.3 is 14.8 Å². The van der Waals surface area contributed by atoms with E-state index in [9.17, 15) is 19.2 Å². The largest absolute Gasteiger partial charge is 0.462 e. The van der Waals surface area contributed by atoms with Crippen LogP contribution in [0.15, 0.2) is 65.5 Å². The van der Waals surface area contributed by atoms with Gasteiger partial charge >= 0.3 is 11.9 Å². The average molecular weight is 449 g/mol. The molecule has 0 aliphatic heterocycles. The third-order valence-corrected chi connectivity index (χ3v) is 4.49. The molecule has 0 aliphatic rings. The fourth-order valence-electron chi connectivity index (χ4n) is 3.00. The van der Waals surface area contributed by atoms with Crippen molar-refractivity contribution in [1.29, 1.82) is 0 Å². The Morgan fingerprint density at radius 2 is 1.48 bits per heavy atom. The summed E-state index contributed by atoms with van der Waals surface area (Å²) in [5.74, 6) is -1.91. The predicted octanol–water partition coefficient (Wildman–Crippen LogP) is 2.90. The second kappa shape index (κ2) is 10.9. The number of nitrogens with zero attached hydrogens (tertiary/aromatic N) is 2. The summed E-state index contributed by atoms with van der Waals surface area (Å²) in [5.41, 5.74) is 0.829. The molecule has 0 saturated heterocycles. The maximum atomic E-state index is 12.8. The Balaban J connectivity index is 1.88. The highest BCUT2D eigenvalue weighted by Gasteiger charge is 2.17. The van der Waals surface area contributed by atoms with Crippen molar-refractivity contribution in [2.24, 2.45) is 0 Å². The number of amides is 1. The van der Waals surface area contributed by atoms with Gasteiger partial charge in [0.05, 0.1) is 30.9 Å². The molecular weight excluding hydrogens is 426 g/mol. The van der Waals surface area contributed by atoms with Gasteiger partial charge in [-0.2, -0.15) is 5.10 Å². The first-order chi connectivity index (χ1) is 15.9. The monoisotopic (exact) mass is 449 g/mol. The lowest BCUT2D eigenvalue weighted by Gasteiger charge is -2.11. The Morgan fingerprint density at radius 3 is 2.06 bits per heavy atom. The molecule has 170 valence electrons. The molecule has 33 heavy (non-hydrogen) atoms. The van der Waals surface area contributed by atoms with Crippen molar-refractivity contribution >= 4 is 23.5 Å². The maximum Gasteiger partial charge on any atom is 0.338 e. The molecule has 0 aliphatic carbocycles. The van der Waals surface area contributed by atoms with Crippen molar-refractivity contribution in [3.05, 3.63) is 93.4 Å². The van der Waals surface area contributed by atoms with Crippen LogP contribution >= 0.6 is 0 Å². The third-order valence-electron chi connectivity index (χ3n) is 4.49. The molecular formula is C24H23N3O6. The number of hydrogen-bond donors (Lipinski definition) is 1. The molecule has 9 heteroatoms. The summed E-state index contributed by atoms with van der Waals surface area (Å²) in [6, 6.07) is 15.9. The lowest BCUT2D eigenvalue weighted by molar-refractivity contribution is 0.0525. The first-order valence-corrected chi connectivity index (χ1v) is 10.3. The summed E-state index contributed by atoms with van der Waals surface area (Å²) in [6.45, 7) is 3.82. The number of ether oxygens (including phenoxy) is 2. The summed E-state index contributed by atoms with van der Waals surface area (Å²) in [7, 11) is 0. The van der Waals surface area contributed by atoms with Gasteiger partial charge in [-0.3, -0.25) is 9.59 Å². The van der Waals surface area contributed by atoms with E-state index in [1.807, 2.05) is 30.3 Å². The number of esters is 2. The zero-order valence-electron chi connectivity index (χ0n) is 18.2. The minimum atomic E-state index is -0.645. The first-order valence-electron chi connectivity index (χ1n) is 10.3. The van der Waals surface area contributed by atoms with E-state index in [4.69, 9.17) is 9.47 Å². The van der Waals surface area contributed by atoms with Gasteiger partial charge in [-0.1, -0.05) is 30.3 Å². The van der Waals surface area contributed by atoms with Crippen LogP contribution in [0.1, 0.15) is 50.6 Å². The van der Waals surface area contributed by atoms with E-state index in [0.717, 1.165) is 5.56 Å². The first kappa shape index (κ1) is 23.4. The molecule has 0 bridgehead atoms. The molecule has 1 aromatic heterocycles. The Morgan fingerprint density at radius 1 is 0.879 bits per heavy atom. The molecule has 0 saturated carbocycles. The SMILES string of the molecule is CCOC(=O)c1cc(NC(=O)c2ccc(=O)n(Cc3ccccc3)n2)cc(C(=O)OCC)c1. The number of nitrogens with one attached hydrogen (secondary N) is 1. The third kappa shape index (κ3) is 6.13. The van der Waals surface area contributed by atoms with Crippen LogP contribution < -0.4 is 10.9 Å². The Labute approximate surface area is 190 Å². The Hall–Kier alpha value is -4.27. The fourth-order valence-corrected chi connectivity index (χ4v) is 3.00. The van der Waals surface area contributed by atoms with E-state index in [-0.39, 0.29) is 47.8 Å². The van der Waals surface area contributed by atoms with Gasteiger partial charge in [-0.15, -0.1) is 0 Å². The van der Waals surface area contributed by atoms with E-state index < -0.39 is 17.8 Å². The highest BCUT2D eigenvalue weighted by Crippen LogP contribution is 2.18. The van der Waals surface area contributed by atoms with Crippen molar-refractivity contribution in [3.8, 4) is 0 Å². The van der Waals surface area contributed by atoms with Crippen LogP contribution in [0.2, 0.25) is 0 Å². The van der Waals surface area contributed by atoms with Gasteiger partial charge in [-0.25, -0.2) is 14.3 Å². The summed E-state index contributed by atoms with van der Waals surface area (Å²) < 4.78 is 11.2. The number of carbonyl (C=O) groups is 3. The minimum absolute atomic E-state index is 0.00949. The number of hydrogen-bond acceptors (Lipinski definition) is 7. The summed E-state index contributed by atoms with van der Waals surface area (Å²) in [6.07, 6.45) is 0. The maximum absolute atomic E-state index is 12.8. The topological polar surface area (TPSA) is 117 Å². The van der Waals surface area contributed by atoms with Crippen LogP contribution in [0.25, 0.3) is 0 Å². The number of anilines is 1. The number of benzene rings is 2. The van der Waals surface area contributed by atoms with Crippen molar-refractivity contribution < 1.29 is 23.9 Å². The van der Waals surface area contributed by atoms with Crippen LogP contribution in [-0.2, 0) is 16.0 Å². The van der Waals surface area contributed by atoms with Crippen LogP contribution in [0.3, 0.4) is 0 Å². The second-order valence-electron chi connectivity index (χ2n) is 6.89. The Kier molecular flexibility index (Phi) is 7.69. The van der Waals surface area contributed by atoms with Crippen LogP contribution in [0.5, 0.6) is 0 Å². The zero-order valence-corrected chi connectivity index (χ0v) is 18.2. The molecule has 0 radical (unpaired) electrons. The Bertz CT molecular complexity index is 1180. The standard InChI is InChI=1S/C24H23N3O6/c1-3-32-23(30)17-12-18(24(31)33-4-2)14-19(13-17)25-22(29)20-10-11-21(28)27(26-20)15-16-8-6-5-7-9-16/h5-14H,3-4,15H2,1-2H3,(H,25,29).